The topological polar surface area (TPSA) is 75.6 Å². The monoisotopic (exact) mass is 280 g/mol. The van der Waals surface area contributed by atoms with Gasteiger partial charge < -0.3 is 16.4 Å². The third-order valence-electron chi connectivity index (χ3n) is 3.77. The van der Waals surface area contributed by atoms with E-state index in [4.69, 9.17) is 11.5 Å². The summed E-state index contributed by atoms with van der Waals surface area (Å²) in [5.41, 5.74) is 11.5. The van der Waals surface area contributed by atoms with Crippen molar-refractivity contribution in [3.63, 3.8) is 0 Å². The number of amides is 1. The van der Waals surface area contributed by atoms with E-state index in [1.54, 1.807) is 0 Å². The molecule has 5 nitrogen and oxygen atoms in total. The fraction of sp³-hybridized carbons (Fsp3) is 0.500. The normalized spacial score (nSPS) is 16.7. The predicted octanol–water partition coefficient (Wildman–Crippen LogP) is 1.04. The van der Waals surface area contributed by atoms with Gasteiger partial charge in [0.25, 0.3) is 5.91 Å². The van der Waals surface area contributed by atoms with Crippen molar-refractivity contribution in [3.05, 3.63) is 23.5 Å². The molecular weight excluding hydrogens is 259 g/mol. The molecule has 0 radical (unpaired) electrons. The molecule has 0 saturated carbocycles. The molecule has 1 amide bonds. The van der Waals surface area contributed by atoms with Crippen LogP contribution in [0.2, 0.25) is 0 Å². The number of hydrogen-bond donors (Lipinski definition) is 2. The van der Waals surface area contributed by atoms with Crippen molar-refractivity contribution in [3.8, 4) is 0 Å². The van der Waals surface area contributed by atoms with E-state index in [1.165, 1.54) is 12.1 Å². The summed E-state index contributed by atoms with van der Waals surface area (Å²) in [5.74, 6) is -1.05. The van der Waals surface area contributed by atoms with Gasteiger partial charge in [-0.15, -0.1) is 0 Å². The second-order valence-corrected chi connectivity index (χ2v) is 5.37. The molecule has 1 aromatic carbocycles. The first kappa shape index (κ1) is 14.6. The Labute approximate surface area is 118 Å². The highest BCUT2D eigenvalue weighted by atomic mass is 19.1. The summed E-state index contributed by atoms with van der Waals surface area (Å²) >= 11 is 0. The summed E-state index contributed by atoms with van der Waals surface area (Å²) in [6.45, 7) is 7.46. The van der Waals surface area contributed by atoms with Gasteiger partial charge in [-0.2, -0.15) is 0 Å². The number of nitrogens with two attached hydrogens (primary N) is 2. The van der Waals surface area contributed by atoms with Gasteiger partial charge >= 0.3 is 0 Å². The van der Waals surface area contributed by atoms with E-state index in [2.05, 4.69) is 18.7 Å². The van der Waals surface area contributed by atoms with Crippen LogP contribution in [0.15, 0.2) is 12.1 Å². The van der Waals surface area contributed by atoms with Crippen molar-refractivity contribution in [2.24, 2.45) is 5.73 Å². The van der Waals surface area contributed by atoms with Gasteiger partial charge in [0.15, 0.2) is 0 Å². The number of anilines is 2. The molecule has 1 aliphatic heterocycles. The number of carbonyl (C=O) groups excluding carboxylic acids is 1. The van der Waals surface area contributed by atoms with Gasteiger partial charge in [-0.05, 0) is 26.0 Å². The van der Waals surface area contributed by atoms with Crippen LogP contribution in [0, 0.1) is 5.82 Å². The zero-order valence-electron chi connectivity index (χ0n) is 11.9. The molecule has 0 aromatic heterocycles. The minimum Gasteiger partial charge on any atom is -0.398 e. The lowest BCUT2D eigenvalue weighted by molar-refractivity contribution is 0.100. The van der Waals surface area contributed by atoms with Crippen LogP contribution < -0.4 is 16.4 Å². The van der Waals surface area contributed by atoms with E-state index in [-0.39, 0.29) is 11.3 Å². The average Bonchev–Trinajstić information content (AvgIpc) is 2.38. The highest BCUT2D eigenvalue weighted by Crippen LogP contribution is 2.26. The van der Waals surface area contributed by atoms with Gasteiger partial charge in [0, 0.05) is 37.9 Å². The molecule has 20 heavy (non-hydrogen) atoms. The Morgan fingerprint density at radius 3 is 2.35 bits per heavy atom. The van der Waals surface area contributed by atoms with Gasteiger partial charge in [-0.3, -0.25) is 9.69 Å². The lowest BCUT2D eigenvalue weighted by atomic mass is 10.1. The van der Waals surface area contributed by atoms with Gasteiger partial charge in [0.1, 0.15) is 5.82 Å². The molecule has 0 unspecified atom stereocenters. The van der Waals surface area contributed by atoms with E-state index in [0.29, 0.717) is 11.7 Å². The Morgan fingerprint density at radius 1 is 1.25 bits per heavy atom. The molecule has 0 aliphatic carbocycles. The van der Waals surface area contributed by atoms with Crippen molar-refractivity contribution >= 4 is 17.3 Å². The summed E-state index contributed by atoms with van der Waals surface area (Å²) in [5, 5.41) is 0. The zero-order valence-corrected chi connectivity index (χ0v) is 11.9. The molecule has 4 N–H and O–H groups in total. The maximum Gasteiger partial charge on any atom is 0.250 e. The number of nitrogens with zero attached hydrogens (tertiary/aromatic N) is 2. The molecule has 1 saturated heterocycles. The van der Waals surface area contributed by atoms with Crippen molar-refractivity contribution in [1.82, 2.24) is 4.90 Å². The second-order valence-electron chi connectivity index (χ2n) is 5.37. The molecule has 6 heteroatoms. The average molecular weight is 280 g/mol. The van der Waals surface area contributed by atoms with Crippen LogP contribution in [0.4, 0.5) is 15.8 Å². The largest absolute Gasteiger partial charge is 0.398 e. The summed E-state index contributed by atoms with van der Waals surface area (Å²) in [6.07, 6.45) is 0. The minimum atomic E-state index is -0.635. The van der Waals surface area contributed by atoms with Gasteiger partial charge in [0.05, 0.1) is 11.3 Å². The van der Waals surface area contributed by atoms with E-state index in [0.717, 1.165) is 26.2 Å². The molecule has 1 aliphatic rings. The van der Waals surface area contributed by atoms with Crippen molar-refractivity contribution in [1.29, 1.82) is 0 Å². The SMILES string of the molecule is CC(C)N1CCN(c2cc(C(N)=O)c(N)cc2F)CC1. The lowest BCUT2D eigenvalue weighted by Gasteiger charge is -2.38. The maximum absolute atomic E-state index is 14.0. The number of benzene rings is 1. The molecule has 0 bridgehead atoms. The molecule has 1 fully saturated rings. The zero-order chi connectivity index (χ0) is 14.9. The Balaban J connectivity index is 2.21. The number of rotatable bonds is 3. The second kappa shape index (κ2) is 5.66. The van der Waals surface area contributed by atoms with Crippen molar-refractivity contribution in [2.75, 3.05) is 36.8 Å². The number of hydrogen-bond acceptors (Lipinski definition) is 4. The Morgan fingerprint density at radius 2 is 1.85 bits per heavy atom. The minimum absolute atomic E-state index is 0.0829. The highest BCUT2D eigenvalue weighted by molar-refractivity contribution is 5.99. The number of primary amides is 1. The fourth-order valence-corrected chi connectivity index (χ4v) is 2.51. The van der Waals surface area contributed by atoms with Gasteiger partial charge in [0.2, 0.25) is 0 Å². The first-order valence-electron chi connectivity index (χ1n) is 6.78. The third-order valence-corrected chi connectivity index (χ3v) is 3.77. The van der Waals surface area contributed by atoms with E-state index >= 15 is 0 Å². The van der Waals surface area contributed by atoms with Crippen LogP contribution >= 0.6 is 0 Å². The van der Waals surface area contributed by atoms with Crippen LogP contribution in [0.3, 0.4) is 0 Å². The lowest BCUT2D eigenvalue weighted by Crippen LogP contribution is -2.49. The molecule has 0 spiro atoms. The summed E-state index contributed by atoms with van der Waals surface area (Å²) in [4.78, 5) is 15.6. The summed E-state index contributed by atoms with van der Waals surface area (Å²) < 4.78 is 14.0. The first-order chi connectivity index (χ1) is 9.40. The molecule has 0 atom stereocenters. The summed E-state index contributed by atoms with van der Waals surface area (Å²) in [7, 11) is 0. The predicted molar refractivity (Wildman–Crippen MR) is 78.3 cm³/mol. The fourth-order valence-electron chi connectivity index (χ4n) is 2.51. The van der Waals surface area contributed by atoms with Crippen molar-refractivity contribution < 1.29 is 9.18 Å². The number of piperazine rings is 1. The van der Waals surface area contributed by atoms with E-state index in [9.17, 15) is 9.18 Å². The number of halogens is 1. The maximum atomic E-state index is 14.0. The van der Waals surface area contributed by atoms with Crippen LogP contribution in [0.5, 0.6) is 0 Å². The highest BCUT2D eigenvalue weighted by Gasteiger charge is 2.22. The Hall–Kier alpha value is -1.82. The molecule has 110 valence electrons. The van der Waals surface area contributed by atoms with Crippen LogP contribution in [0.25, 0.3) is 0 Å². The van der Waals surface area contributed by atoms with Crippen LogP contribution in [0.1, 0.15) is 24.2 Å². The quantitative estimate of drug-likeness (QED) is 0.811. The van der Waals surface area contributed by atoms with Crippen LogP contribution in [-0.4, -0.2) is 43.0 Å². The van der Waals surface area contributed by atoms with E-state index < -0.39 is 11.7 Å². The van der Waals surface area contributed by atoms with Crippen LogP contribution in [-0.2, 0) is 0 Å². The first-order valence-corrected chi connectivity index (χ1v) is 6.78. The third kappa shape index (κ3) is 2.85. The molecule has 2 rings (SSSR count). The smallest absolute Gasteiger partial charge is 0.250 e. The number of nitrogen functional groups attached to an aromatic ring is 1. The number of carbonyl (C=O) groups is 1. The Bertz CT molecular complexity index is 510. The molecule has 1 aromatic rings. The standard InChI is InChI=1S/C14H21FN4O/c1-9(2)18-3-5-19(6-4-18)13-7-10(14(17)20)12(16)8-11(13)15/h7-9H,3-6,16H2,1-2H3,(H2,17,20). The van der Waals surface area contributed by atoms with E-state index in [1.807, 2.05) is 4.90 Å². The summed E-state index contributed by atoms with van der Waals surface area (Å²) in [6, 6.07) is 3.11. The molecular formula is C14H21FN4O. The van der Waals surface area contributed by atoms with Gasteiger partial charge in [-0.1, -0.05) is 0 Å². The molecule has 1 heterocycles. The van der Waals surface area contributed by atoms with Crippen molar-refractivity contribution in [2.45, 2.75) is 19.9 Å². The Kier molecular flexibility index (Phi) is 4.13. The van der Waals surface area contributed by atoms with Gasteiger partial charge in [-0.25, -0.2) is 4.39 Å².